The van der Waals surface area contributed by atoms with E-state index < -0.39 is 0 Å². The van der Waals surface area contributed by atoms with Crippen LogP contribution in [0, 0.1) is 6.92 Å². The van der Waals surface area contributed by atoms with Gasteiger partial charge in [0.1, 0.15) is 10.9 Å². The molecule has 0 aromatic carbocycles. The highest BCUT2D eigenvalue weighted by molar-refractivity contribution is 7.99. The molecule has 6 heteroatoms. The van der Waals surface area contributed by atoms with E-state index in [1.54, 1.807) is 18.3 Å². The molecule has 15 heavy (non-hydrogen) atoms. The van der Waals surface area contributed by atoms with Crippen molar-refractivity contribution in [3.8, 4) is 0 Å². The van der Waals surface area contributed by atoms with Gasteiger partial charge in [-0.2, -0.15) is 0 Å². The van der Waals surface area contributed by atoms with Crippen LogP contribution in [0.15, 0.2) is 28.5 Å². The fourth-order valence-electron chi connectivity index (χ4n) is 1.03. The highest BCUT2D eigenvalue weighted by Gasteiger charge is 2.07. The maximum atomic E-state index is 10.7. The molecule has 0 spiro atoms. The molecule has 2 aromatic rings. The number of carbonyl (C=O) groups excluding carboxylic acids is 1. The average molecular weight is 220 g/mol. The summed E-state index contributed by atoms with van der Waals surface area (Å²) in [6.45, 7) is 1.82. The van der Waals surface area contributed by atoms with Crippen LogP contribution in [0.25, 0.3) is 0 Å². The summed E-state index contributed by atoms with van der Waals surface area (Å²) in [7, 11) is 0. The van der Waals surface area contributed by atoms with E-state index in [4.69, 9.17) is 0 Å². The third-order valence-corrected chi connectivity index (χ3v) is 2.59. The number of aromatic nitrogens is 4. The van der Waals surface area contributed by atoms with Gasteiger partial charge in [0.15, 0.2) is 6.29 Å². The summed E-state index contributed by atoms with van der Waals surface area (Å²) in [5.41, 5.74) is 0.546. The van der Waals surface area contributed by atoms with Crippen LogP contribution in [0.5, 0.6) is 0 Å². The second-order valence-corrected chi connectivity index (χ2v) is 3.78. The van der Waals surface area contributed by atoms with E-state index in [0.29, 0.717) is 15.7 Å². The molecular formula is C9H8N4OS. The van der Waals surface area contributed by atoms with Crippen LogP contribution in [-0.2, 0) is 0 Å². The lowest BCUT2D eigenvalue weighted by molar-refractivity contribution is 0.112. The molecule has 0 saturated heterocycles. The molecule has 5 nitrogen and oxygen atoms in total. The lowest BCUT2D eigenvalue weighted by Gasteiger charge is -1.98. The minimum Gasteiger partial charge on any atom is -0.298 e. The third kappa shape index (κ3) is 2.21. The minimum absolute atomic E-state index is 0.546. The number of nitrogens with zero attached hydrogens (tertiary/aromatic N) is 3. The smallest absolute Gasteiger partial charge is 0.214 e. The van der Waals surface area contributed by atoms with E-state index in [2.05, 4.69) is 20.2 Å². The first-order chi connectivity index (χ1) is 7.29. The number of nitrogens with one attached hydrogen (secondary N) is 1. The fourth-order valence-corrected chi connectivity index (χ4v) is 1.83. The maximum absolute atomic E-state index is 10.7. The first-order valence-electron chi connectivity index (χ1n) is 4.26. The molecule has 0 radical (unpaired) electrons. The van der Waals surface area contributed by atoms with Gasteiger partial charge in [0, 0.05) is 11.8 Å². The van der Waals surface area contributed by atoms with Crippen molar-refractivity contribution in [3.63, 3.8) is 0 Å². The van der Waals surface area contributed by atoms with Gasteiger partial charge < -0.3 is 0 Å². The summed E-state index contributed by atoms with van der Waals surface area (Å²) < 4.78 is 0. The average Bonchev–Trinajstić information content (AvgIpc) is 2.65. The van der Waals surface area contributed by atoms with E-state index in [1.165, 1.54) is 11.8 Å². The summed E-state index contributed by atoms with van der Waals surface area (Å²) >= 11 is 1.26. The molecule has 0 atom stereocenters. The van der Waals surface area contributed by atoms with E-state index in [1.807, 2.05) is 6.92 Å². The van der Waals surface area contributed by atoms with Gasteiger partial charge in [-0.25, -0.2) is 9.97 Å². The van der Waals surface area contributed by atoms with Crippen LogP contribution >= 0.6 is 11.8 Å². The lowest BCUT2D eigenvalue weighted by Crippen LogP contribution is -1.88. The van der Waals surface area contributed by atoms with Crippen molar-refractivity contribution in [2.45, 2.75) is 17.1 Å². The lowest BCUT2D eigenvalue weighted by atomic mass is 10.3. The molecular weight excluding hydrogens is 212 g/mol. The molecule has 76 valence electrons. The van der Waals surface area contributed by atoms with Crippen LogP contribution in [-0.4, -0.2) is 26.5 Å². The van der Waals surface area contributed by atoms with Gasteiger partial charge in [0.25, 0.3) is 0 Å². The Hall–Kier alpha value is -1.69. The molecule has 2 aromatic heterocycles. The van der Waals surface area contributed by atoms with Crippen LogP contribution < -0.4 is 0 Å². The Morgan fingerprint density at radius 2 is 2.40 bits per heavy atom. The van der Waals surface area contributed by atoms with Crippen LogP contribution in [0.4, 0.5) is 0 Å². The molecule has 2 heterocycles. The van der Waals surface area contributed by atoms with Gasteiger partial charge in [0.2, 0.25) is 5.16 Å². The molecule has 0 aliphatic rings. The quantitative estimate of drug-likeness (QED) is 0.793. The zero-order valence-corrected chi connectivity index (χ0v) is 8.78. The number of rotatable bonds is 3. The van der Waals surface area contributed by atoms with Crippen LogP contribution in [0.1, 0.15) is 16.2 Å². The summed E-state index contributed by atoms with van der Waals surface area (Å²) in [5.74, 6) is 0.737. The summed E-state index contributed by atoms with van der Waals surface area (Å²) in [6.07, 6.45) is 2.41. The number of pyridine rings is 1. The molecule has 1 N–H and O–H groups in total. The number of hydrogen-bond donors (Lipinski definition) is 1. The monoisotopic (exact) mass is 220 g/mol. The SMILES string of the molecule is Cc1nc(Sc2ncccc2C=O)n[nH]1. The highest BCUT2D eigenvalue weighted by Crippen LogP contribution is 2.24. The Balaban J connectivity index is 2.27. The summed E-state index contributed by atoms with van der Waals surface area (Å²) in [6, 6.07) is 3.43. The number of hydrogen-bond acceptors (Lipinski definition) is 5. The molecule has 0 saturated carbocycles. The minimum atomic E-state index is 0.546. The first kappa shape index (κ1) is 9.85. The fraction of sp³-hybridized carbons (Fsp3) is 0.111. The Kier molecular flexibility index (Phi) is 2.77. The number of carbonyl (C=O) groups is 1. The molecule has 0 aliphatic carbocycles. The highest BCUT2D eigenvalue weighted by atomic mass is 32.2. The Morgan fingerprint density at radius 1 is 1.53 bits per heavy atom. The van der Waals surface area contributed by atoms with Gasteiger partial charge in [-0.3, -0.25) is 9.89 Å². The standard InChI is InChI=1S/C9H8N4OS/c1-6-11-9(13-12-6)15-8-7(5-14)3-2-4-10-8/h2-5H,1H3,(H,11,12,13). The van der Waals surface area contributed by atoms with Gasteiger partial charge in [0.05, 0.1) is 0 Å². The zero-order valence-electron chi connectivity index (χ0n) is 7.97. The third-order valence-electron chi connectivity index (χ3n) is 1.69. The van der Waals surface area contributed by atoms with Gasteiger partial charge in [-0.15, -0.1) is 5.10 Å². The second-order valence-electron chi connectivity index (χ2n) is 2.82. The topological polar surface area (TPSA) is 71.5 Å². The van der Waals surface area contributed by atoms with Crippen molar-refractivity contribution in [2.24, 2.45) is 0 Å². The molecule has 2 rings (SSSR count). The number of aldehydes is 1. The molecule has 0 unspecified atom stereocenters. The first-order valence-corrected chi connectivity index (χ1v) is 5.08. The van der Waals surface area contributed by atoms with Crippen molar-refractivity contribution in [1.29, 1.82) is 0 Å². The summed E-state index contributed by atoms with van der Waals surface area (Å²) in [5, 5.41) is 7.87. The van der Waals surface area contributed by atoms with Crippen molar-refractivity contribution < 1.29 is 4.79 Å². The van der Waals surface area contributed by atoms with Crippen molar-refractivity contribution >= 4 is 18.0 Å². The van der Waals surface area contributed by atoms with Gasteiger partial charge >= 0.3 is 0 Å². The Morgan fingerprint density at radius 3 is 3.07 bits per heavy atom. The molecule has 0 aliphatic heterocycles. The number of aromatic amines is 1. The van der Waals surface area contributed by atoms with Gasteiger partial charge in [-0.05, 0) is 30.8 Å². The molecule has 0 bridgehead atoms. The second kappa shape index (κ2) is 4.22. The van der Waals surface area contributed by atoms with E-state index in [0.717, 1.165) is 12.1 Å². The van der Waals surface area contributed by atoms with Gasteiger partial charge in [-0.1, -0.05) is 0 Å². The number of aryl methyl sites for hydroxylation is 1. The van der Waals surface area contributed by atoms with E-state index >= 15 is 0 Å². The Bertz CT molecular complexity index is 482. The predicted molar refractivity (Wildman–Crippen MR) is 54.9 cm³/mol. The van der Waals surface area contributed by atoms with E-state index in [-0.39, 0.29) is 0 Å². The summed E-state index contributed by atoms with van der Waals surface area (Å²) in [4.78, 5) is 18.9. The van der Waals surface area contributed by atoms with Crippen molar-refractivity contribution in [2.75, 3.05) is 0 Å². The normalized spacial score (nSPS) is 10.2. The Labute approximate surface area is 90.3 Å². The van der Waals surface area contributed by atoms with E-state index in [9.17, 15) is 4.79 Å². The molecule has 0 fully saturated rings. The zero-order chi connectivity index (χ0) is 10.7. The molecule has 0 amide bonds. The predicted octanol–water partition coefficient (Wildman–Crippen LogP) is 1.47. The maximum Gasteiger partial charge on any atom is 0.214 e. The van der Waals surface area contributed by atoms with Crippen LogP contribution in [0.3, 0.4) is 0 Å². The van der Waals surface area contributed by atoms with Crippen molar-refractivity contribution in [1.82, 2.24) is 20.2 Å². The largest absolute Gasteiger partial charge is 0.298 e. The number of H-pyrrole nitrogens is 1. The van der Waals surface area contributed by atoms with Crippen LogP contribution in [0.2, 0.25) is 0 Å². The van der Waals surface area contributed by atoms with Crippen molar-refractivity contribution in [3.05, 3.63) is 29.7 Å².